The first-order valence-corrected chi connectivity index (χ1v) is 6.69. The monoisotopic (exact) mass is 314 g/mol. The molecular formula is C12H15ClN4O4. The zero-order valence-electron chi connectivity index (χ0n) is 11.1. The van der Waals surface area contributed by atoms with Gasteiger partial charge in [-0.25, -0.2) is 9.97 Å². The van der Waals surface area contributed by atoms with Crippen LogP contribution in [0.15, 0.2) is 12.5 Å². The molecule has 1 aliphatic rings. The fourth-order valence-corrected chi connectivity index (χ4v) is 2.92. The summed E-state index contributed by atoms with van der Waals surface area (Å²) in [5.74, 6) is 0.209. The van der Waals surface area contributed by atoms with E-state index < -0.39 is 30.6 Å². The van der Waals surface area contributed by atoms with E-state index in [0.717, 1.165) is 0 Å². The van der Waals surface area contributed by atoms with E-state index in [2.05, 4.69) is 9.97 Å². The van der Waals surface area contributed by atoms with E-state index in [0.29, 0.717) is 16.1 Å². The van der Waals surface area contributed by atoms with Crippen LogP contribution in [0.3, 0.4) is 0 Å². The lowest BCUT2D eigenvalue weighted by Crippen LogP contribution is -2.44. The predicted octanol–water partition coefficient (Wildman–Crippen LogP) is -0.332. The fraction of sp³-hybridized carbons (Fsp3) is 0.500. The van der Waals surface area contributed by atoms with Crippen molar-refractivity contribution in [3.8, 4) is 0 Å². The molecule has 0 aliphatic carbocycles. The van der Waals surface area contributed by atoms with Gasteiger partial charge in [-0.3, -0.25) is 0 Å². The van der Waals surface area contributed by atoms with Gasteiger partial charge in [0.1, 0.15) is 35.6 Å². The lowest BCUT2D eigenvalue weighted by molar-refractivity contribution is -0.0948. The maximum atomic E-state index is 10.5. The minimum Gasteiger partial charge on any atom is -0.394 e. The van der Waals surface area contributed by atoms with Crippen molar-refractivity contribution in [3.05, 3.63) is 17.5 Å². The molecule has 8 nitrogen and oxygen atoms in total. The number of aliphatic hydroxyl groups excluding tert-OH is 2. The highest BCUT2D eigenvalue weighted by Crippen LogP contribution is 2.41. The highest BCUT2D eigenvalue weighted by atomic mass is 35.5. The Morgan fingerprint density at radius 1 is 1.52 bits per heavy atom. The number of anilines is 1. The lowest BCUT2D eigenvalue weighted by Gasteiger charge is -2.27. The molecule has 0 saturated carbocycles. The van der Waals surface area contributed by atoms with Gasteiger partial charge in [0.05, 0.1) is 17.0 Å². The van der Waals surface area contributed by atoms with E-state index in [-0.39, 0.29) is 5.82 Å². The average Bonchev–Trinajstić information content (AvgIpc) is 2.87. The van der Waals surface area contributed by atoms with Gasteiger partial charge in [0, 0.05) is 6.20 Å². The number of hydrogen-bond donors (Lipinski definition) is 4. The van der Waals surface area contributed by atoms with Crippen LogP contribution in [0.2, 0.25) is 5.02 Å². The number of halogens is 1. The van der Waals surface area contributed by atoms with Crippen LogP contribution in [-0.2, 0) is 4.74 Å². The number of nitrogen functional groups attached to an aromatic ring is 1. The van der Waals surface area contributed by atoms with E-state index in [4.69, 9.17) is 22.1 Å². The average molecular weight is 315 g/mol. The number of ether oxygens (including phenoxy) is 1. The minimum absolute atomic E-state index is 0.209. The Hall–Kier alpha value is -1.45. The standard InChI is InChI=1S/C12H15ClN4O4/c1-12(20)8(19)6(3-18)21-11(12)17-2-5(13)7-9(14)15-4-16-10(7)17/h2,4,6,8,11,18-20H,3H2,1H3,(H2,14,15,16). The lowest BCUT2D eigenvalue weighted by atomic mass is 9.96. The zero-order valence-corrected chi connectivity index (χ0v) is 11.9. The molecule has 1 fully saturated rings. The van der Waals surface area contributed by atoms with Crippen LogP contribution < -0.4 is 5.73 Å². The molecule has 0 radical (unpaired) electrons. The molecule has 0 aromatic carbocycles. The first-order chi connectivity index (χ1) is 9.87. The summed E-state index contributed by atoms with van der Waals surface area (Å²) in [6.07, 6.45) is -0.339. The maximum Gasteiger partial charge on any atom is 0.167 e. The molecular weight excluding hydrogens is 300 g/mol. The molecule has 0 amide bonds. The normalized spacial score (nSPS) is 32.9. The molecule has 2 aromatic heterocycles. The van der Waals surface area contributed by atoms with Crippen molar-refractivity contribution in [1.82, 2.24) is 14.5 Å². The predicted molar refractivity (Wildman–Crippen MR) is 74.6 cm³/mol. The second-order valence-corrected chi connectivity index (χ2v) is 5.63. The van der Waals surface area contributed by atoms with Crippen LogP contribution in [0, 0.1) is 0 Å². The molecule has 5 N–H and O–H groups in total. The molecule has 3 heterocycles. The highest BCUT2D eigenvalue weighted by Gasteiger charge is 2.53. The van der Waals surface area contributed by atoms with E-state index >= 15 is 0 Å². The number of nitrogens with zero attached hydrogens (tertiary/aromatic N) is 3. The molecule has 9 heteroatoms. The first kappa shape index (κ1) is 14.5. The van der Waals surface area contributed by atoms with Crippen molar-refractivity contribution in [2.24, 2.45) is 0 Å². The number of nitrogens with two attached hydrogens (primary N) is 1. The largest absolute Gasteiger partial charge is 0.394 e. The van der Waals surface area contributed by atoms with Crippen molar-refractivity contribution < 1.29 is 20.1 Å². The van der Waals surface area contributed by atoms with Crippen LogP contribution in [0.25, 0.3) is 11.0 Å². The van der Waals surface area contributed by atoms with Gasteiger partial charge in [-0.2, -0.15) is 0 Å². The Kier molecular flexibility index (Phi) is 3.30. The van der Waals surface area contributed by atoms with E-state index in [1.54, 1.807) is 0 Å². The van der Waals surface area contributed by atoms with E-state index in [1.165, 1.54) is 24.0 Å². The molecule has 3 rings (SSSR count). The second-order valence-electron chi connectivity index (χ2n) is 5.22. The maximum absolute atomic E-state index is 10.5. The minimum atomic E-state index is -1.62. The molecule has 4 unspecified atom stereocenters. The summed E-state index contributed by atoms with van der Waals surface area (Å²) in [6.45, 7) is 1.00. The number of hydrogen-bond acceptors (Lipinski definition) is 7. The number of rotatable bonds is 2. The van der Waals surface area contributed by atoms with Crippen molar-refractivity contribution in [2.45, 2.75) is 31.0 Å². The van der Waals surface area contributed by atoms with Gasteiger partial charge in [-0.1, -0.05) is 11.6 Å². The SMILES string of the molecule is CC1(O)C(O)C(CO)OC1n1cc(Cl)c2c(N)ncnc21. The molecule has 0 bridgehead atoms. The molecule has 114 valence electrons. The van der Waals surface area contributed by atoms with E-state index in [9.17, 15) is 15.3 Å². The van der Waals surface area contributed by atoms with Crippen LogP contribution in [0.4, 0.5) is 5.82 Å². The molecule has 0 spiro atoms. The summed E-state index contributed by atoms with van der Waals surface area (Å²) < 4.78 is 7.02. The summed E-state index contributed by atoms with van der Waals surface area (Å²) in [5.41, 5.74) is 4.53. The van der Waals surface area contributed by atoms with Crippen LogP contribution in [0.1, 0.15) is 13.2 Å². The van der Waals surface area contributed by atoms with Crippen LogP contribution in [-0.4, -0.2) is 54.3 Å². The van der Waals surface area contributed by atoms with Crippen LogP contribution in [0.5, 0.6) is 0 Å². The van der Waals surface area contributed by atoms with Gasteiger partial charge in [-0.05, 0) is 6.92 Å². The Bertz CT molecular complexity index is 689. The summed E-state index contributed by atoms with van der Waals surface area (Å²) in [7, 11) is 0. The first-order valence-electron chi connectivity index (χ1n) is 6.31. The van der Waals surface area contributed by atoms with Gasteiger partial charge in [0.15, 0.2) is 6.23 Å². The van der Waals surface area contributed by atoms with Gasteiger partial charge < -0.3 is 30.4 Å². The zero-order chi connectivity index (χ0) is 15.4. The summed E-state index contributed by atoms with van der Waals surface area (Å²) in [5, 5.41) is 30.5. The second kappa shape index (κ2) is 4.79. The van der Waals surface area contributed by atoms with Crippen molar-refractivity contribution in [3.63, 3.8) is 0 Å². The third-order valence-electron chi connectivity index (χ3n) is 3.78. The summed E-state index contributed by atoms with van der Waals surface area (Å²) in [6, 6.07) is 0. The van der Waals surface area contributed by atoms with Gasteiger partial charge >= 0.3 is 0 Å². The summed E-state index contributed by atoms with van der Waals surface area (Å²) >= 11 is 6.13. The van der Waals surface area contributed by atoms with Gasteiger partial charge in [0.25, 0.3) is 0 Å². The molecule has 1 saturated heterocycles. The number of aromatic nitrogens is 3. The smallest absolute Gasteiger partial charge is 0.167 e. The number of aliphatic hydroxyl groups is 3. The Morgan fingerprint density at radius 3 is 2.86 bits per heavy atom. The molecule has 4 atom stereocenters. The van der Waals surface area contributed by atoms with Crippen molar-refractivity contribution in [2.75, 3.05) is 12.3 Å². The third kappa shape index (κ3) is 1.99. The van der Waals surface area contributed by atoms with E-state index in [1.807, 2.05) is 0 Å². The molecule has 2 aromatic rings. The van der Waals surface area contributed by atoms with Crippen molar-refractivity contribution in [1.29, 1.82) is 0 Å². The Labute approximate surface area is 124 Å². The number of fused-ring (bicyclic) bond motifs is 1. The quantitative estimate of drug-likeness (QED) is 0.597. The topological polar surface area (TPSA) is 127 Å². The van der Waals surface area contributed by atoms with Crippen molar-refractivity contribution >= 4 is 28.5 Å². The molecule has 1 aliphatic heterocycles. The Morgan fingerprint density at radius 2 is 2.24 bits per heavy atom. The Balaban J connectivity index is 2.15. The summed E-state index contributed by atoms with van der Waals surface area (Å²) in [4.78, 5) is 7.97. The fourth-order valence-electron chi connectivity index (χ4n) is 2.63. The van der Waals surface area contributed by atoms with Crippen LogP contribution >= 0.6 is 11.6 Å². The van der Waals surface area contributed by atoms with Gasteiger partial charge in [0.2, 0.25) is 0 Å². The van der Waals surface area contributed by atoms with Gasteiger partial charge in [-0.15, -0.1) is 0 Å². The third-order valence-corrected chi connectivity index (χ3v) is 4.07. The highest BCUT2D eigenvalue weighted by molar-refractivity contribution is 6.36. The molecule has 21 heavy (non-hydrogen) atoms.